The molecule has 2 nitrogen and oxygen atoms in total. The monoisotopic (exact) mass is 653 g/mol. The molecule has 0 radical (unpaired) electrons. The van der Waals surface area contributed by atoms with E-state index in [-0.39, 0.29) is 5.41 Å². The summed E-state index contributed by atoms with van der Waals surface area (Å²) in [4.78, 5) is 2.48. The third kappa shape index (κ3) is 4.50. The molecule has 0 fully saturated rings. The minimum Gasteiger partial charge on any atom is -0.455 e. The summed E-state index contributed by atoms with van der Waals surface area (Å²) in [6.07, 6.45) is 0. The molecule has 1 aromatic heterocycles. The first-order chi connectivity index (χ1) is 25.1. The predicted molar refractivity (Wildman–Crippen MR) is 214 cm³/mol. The van der Waals surface area contributed by atoms with Crippen LogP contribution in [-0.2, 0) is 5.41 Å². The van der Waals surface area contributed by atoms with E-state index in [2.05, 4.69) is 195 Å². The molecular formula is C49H35NO. The molecule has 1 aliphatic rings. The molecule has 242 valence electrons. The first-order valence-corrected chi connectivity index (χ1v) is 17.7. The summed E-state index contributed by atoms with van der Waals surface area (Å²) in [7, 11) is 0. The number of anilines is 3. The van der Waals surface area contributed by atoms with Crippen molar-refractivity contribution in [2.75, 3.05) is 4.90 Å². The average molecular weight is 654 g/mol. The van der Waals surface area contributed by atoms with Crippen LogP contribution in [0.2, 0.25) is 0 Å². The van der Waals surface area contributed by atoms with Gasteiger partial charge in [-0.3, -0.25) is 0 Å². The van der Waals surface area contributed by atoms with Gasteiger partial charge in [-0.15, -0.1) is 0 Å². The molecule has 1 heterocycles. The molecule has 0 saturated carbocycles. The molecule has 0 atom stereocenters. The van der Waals surface area contributed by atoms with Gasteiger partial charge in [0.1, 0.15) is 11.2 Å². The van der Waals surface area contributed by atoms with E-state index < -0.39 is 0 Å². The maximum Gasteiger partial charge on any atom is 0.143 e. The third-order valence-corrected chi connectivity index (χ3v) is 10.9. The Bertz CT molecular complexity index is 2770. The quantitative estimate of drug-likeness (QED) is 0.184. The molecule has 0 spiro atoms. The Morgan fingerprint density at radius 2 is 1.10 bits per heavy atom. The highest BCUT2D eigenvalue weighted by Crippen LogP contribution is 2.55. The van der Waals surface area contributed by atoms with E-state index in [1.165, 1.54) is 44.5 Å². The highest BCUT2D eigenvalue weighted by Gasteiger charge is 2.39. The summed E-state index contributed by atoms with van der Waals surface area (Å²) in [5.74, 6) is 0. The molecule has 2 heteroatoms. The number of rotatable bonds is 5. The zero-order chi connectivity index (χ0) is 34.1. The van der Waals surface area contributed by atoms with Crippen molar-refractivity contribution in [2.24, 2.45) is 0 Å². The van der Waals surface area contributed by atoms with Crippen LogP contribution in [-0.4, -0.2) is 0 Å². The molecule has 0 aliphatic heterocycles. The number of hydrogen-bond acceptors (Lipinski definition) is 2. The van der Waals surface area contributed by atoms with Crippen molar-refractivity contribution in [2.45, 2.75) is 19.3 Å². The van der Waals surface area contributed by atoms with Gasteiger partial charge >= 0.3 is 0 Å². The number of benzene rings is 8. The fraction of sp³-hybridized carbons (Fsp3) is 0.0612. The normalized spacial score (nSPS) is 13.1. The lowest BCUT2D eigenvalue weighted by Crippen LogP contribution is -2.21. The summed E-state index contributed by atoms with van der Waals surface area (Å²) in [5, 5.41) is 4.58. The van der Waals surface area contributed by atoms with E-state index in [0.29, 0.717) is 0 Å². The Balaban J connectivity index is 1.24. The Morgan fingerprint density at radius 1 is 0.451 bits per heavy atom. The molecule has 0 amide bonds. The molecule has 0 saturated heterocycles. The minimum atomic E-state index is -0.193. The second kappa shape index (κ2) is 11.3. The van der Waals surface area contributed by atoms with Gasteiger partial charge in [0.2, 0.25) is 0 Å². The highest BCUT2D eigenvalue weighted by molar-refractivity contribution is 6.19. The van der Waals surface area contributed by atoms with Gasteiger partial charge < -0.3 is 9.32 Å². The largest absolute Gasteiger partial charge is 0.455 e. The van der Waals surface area contributed by atoms with Gasteiger partial charge in [0, 0.05) is 32.8 Å². The summed E-state index contributed by atoms with van der Waals surface area (Å²) < 4.78 is 6.66. The number of para-hydroxylation sites is 1. The number of hydrogen-bond donors (Lipinski definition) is 0. The van der Waals surface area contributed by atoms with Crippen LogP contribution in [0.15, 0.2) is 180 Å². The molecule has 1 aliphatic carbocycles. The molecule has 9 aromatic rings. The predicted octanol–water partition coefficient (Wildman–Crippen LogP) is 13.8. The molecule has 51 heavy (non-hydrogen) atoms. The average Bonchev–Trinajstić information content (AvgIpc) is 3.69. The summed E-state index contributed by atoms with van der Waals surface area (Å²) >= 11 is 0. The zero-order valence-electron chi connectivity index (χ0n) is 28.6. The van der Waals surface area contributed by atoms with Crippen molar-refractivity contribution < 1.29 is 4.42 Å². The van der Waals surface area contributed by atoms with E-state index in [4.69, 9.17) is 4.42 Å². The lowest BCUT2D eigenvalue weighted by molar-refractivity contribution is 0.661. The molecule has 0 N–H and O–H groups in total. The minimum absolute atomic E-state index is 0.193. The van der Waals surface area contributed by atoms with Crippen molar-refractivity contribution >= 4 is 49.8 Å². The first kappa shape index (κ1) is 29.5. The van der Waals surface area contributed by atoms with E-state index >= 15 is 0 Å². The van der Waals surface area contributed by atoms with Gasteiger partial charge in [0.25, 0.3) is 0 Å². The van der Waals surface area contributed by atoms with Crippen molar-refractivity contribution in [3.05, 3.63) is 187 Å². The molecular weight excluding hydrogens is 619 g/mol. The van der Waals surface area contributed by atoms with Crippen molar-refractivity contribution in [3.8, 4) is 33.4 Å². The standard InChI is InChI=1S/C49H35NO/c1-49(2)42-22-10-8-18-37(42)40-21-12-24-44(47(40)49)50(35-29-26-33(27-30-35)32-14-4-3-5-15-32)43-23-11-9-19-38(43)39-20-13-25-45-46(39)41-31-28-34-16-6-7-17-36(34)48(41)51-45/h3-31H,1-2H3. The van der Waals surface area contributed by atoms with Crippen LogP contribution in [0.25, 0.3) is 66.1 Å². The van der Waals surface area contributed by atoms with Crippen LogP contribution in [0.5, 0.6) is 0 Å². The SMILES string of the molecule is CC1(C)c2ccccc2-c2cccc(N(c3ccc(-c4ccccc4)cc3)c3ccccc3-c3cccc4oc5c6ccccc6ccc5c34)c21. The fourth-order valence-corrected chi connectivity index (χ4v) is 8.52. The first-order valence-electron chi connectivity index (χ1n) is 17.7. The number of furan rings is 1. The summed E-state index contributed by atoms with van der Waals surface area (Å²) in [5.41, 5.74) is 15.1. The second-order valence-corrected chi connectivity index (χ2v) is 14.1. The molecule has 10 rings (SSSR count). The van der Waals surface area contributed by atoms with Crippen LogP contribution >= 0.6 is 0 Å². The van der Waals surface area contributed by atoms with Gasteiger partial charge in [-0.1, -0.05) is 153 Å². The maximum atomic E-state index is 6.66. The maximum absolute atomic E-state index is 6.66. The van der Waals surface area contributed by atoms with E-state index in [0.717, 1.165) is 49.8 Å². The van der Waals surface area contributed by atoms with Crippen molar-refractivity contribution in [1.82, 2.24) is 0 Å². The van der Waals surface area contributed by atoms with Crippen LogP contribution in [0.1, 0.15) is 25.0 Å². The van der Waals surface area contributed by atoms with Gasteiger partial charge in [-0.25, -0.2) is 0 Å². The van der Waals surface area contributed by atoms with Crippen LogP contribution in [0.4, 0.5) is 17.1 Å². The Labute approximate surface area is 297 Å². The van der Waals surface area contributed by atoms with Gasteiger partial charge in [-0.2, -0.15) is 0 Å². The van der Waals surface area contributed by atoms with Gasteiger partial charge in [0.05, 0.1) is 11.4 Å². The fourth-order valence-electron chi connectivity index (χ4n) is 8.52. The van der Waals surface area contributed by atoms with Crippen LogP contribution < -0.4 is 4.90 Å². The lowest BCUT2D eigenvalue weighted by Gasteiger charge is -2.33. The van der Waals surface area contributed by atoms with Crippen LogP contribution in [0, 0.1) is 0 Å². The van der Waals surface area contributed by atoms with Crippen molar-refractivity contribution in [1.29, 1.82) is 0 Å². The van der Waals surface area contributed by atoms with Crippen LogP contribution in [0.3, 0.4) is 0 Å². The number of nitrogens with zero attached hydrogens (tertiary/aromatic N) is 1. The Hall–Kier alpha value is -6.38. The van der Waals surface area contributed by atoms with E-state index in [1.54, 1.807) is 0 Å². The smallest absolute Gasteiger partial charge is 0.143 e. The molecule has 0 unspecified atom stereocenters. The lowest BCUT2D eigenvalue weighted by atomic mass is 9.81. The van der Waals surface area contributed by atoms with Crippen molar-refractivity contribution in [3.63, 3.8) is 0 Å². The van der Waals surface area contributed by atoms with Gasteiger partial charge in [-0.05, 0) is 80.7 Å². The Kier molecular flexibility index (Phi) is 6.56. The van der Waals surface area contributed by atoms with Gasteiger partial charge in [0.15, 0.2) is 0 Å². The Morgan fingerprint density at radius 3 is 1.96 bits per heavy atom. The molecule has 0 bridgehead atoms. The number of fused-ring (bicyclic) bond motifs is 8. The molecule has 8 aromatic carbocycles. The zero-order valence-corrected chi connectivity index (χ0v) is 28.6. The summed E-state index contributed by atoms with van der Waals surface area (Å²) in [6.45, 7) is 4.73. The van der Waals surface area contributed by atoms with E-state index in [9.17, 15) is 0 Å². The second-order valence-electron chi connectivity index (χ2n) is 14.1. The topological polar surface area (TPSA) is 16.4 Å². The highest BCUT2D eigenvalue weighted by atomic mass is 16.3. The van der Waals surface area contributed by atoms with E-state index in [1.807, 2.05) is 0 Å². The summed E-state index contributed by atoms with van der Waals surface area (Å²) in [6, 6.07) is 63.6. The third-order valence-electron chi connectivity index (χ3n) is 10.9.